The predicted molar refractivity (Wildman–Crippen MR) is 149 cm³/mol. The van der Waals surface area contributed by atoms with E-state index in [2.05, 4.69) is 4.98 Å². The van der Waals surface area contributed by atoms with E-state index in [0.29, 0.717) is 50.3 Å². The van der Waals surface area contributed by atoms with E-state index < -0.39 is 11.7 Å². The van der Waals surface area contributed by atoms with E-state index in [1.807, 2.05) is 4.90 Å². The third-order valence-corrected chi connectivity index (χ3v) is 9.57. The Morgan fingerprint density at radius 2 is 1.95 bits per heavy atom. The molecule has 3 aromatic rings. The average molecular weight is 610 g/mol. The number of nitrogens with one attached hydrogen (secondary N) is 1. The van der Waals surface area contributed by atoms with E-state index in [1.54, 1.807) is 18.2 Å². The van der Waals surface area contributed by atoms with Crippen molar-refractivity contribution in [2.24, 2.45) is 11.8 Å². The van der Waals surface area contributed by atoms with Crippen LogP contribution < -0.4 is 4.90 Å². The van der Waals surface area contributed by atoms with E-state index in [9.17, 15) is 23.1 Å². The fraction of sp³-hybridized carbons (Fsp3) is 0.393. The van der Waals surface area contributed by atoms with Crippen molar-refractivity contribution in [3.05, 3.63) is 68.4 Å². The average Bonchev–Trinajstić information content (AvgIpc) is 3.36. The van der Waals surface area contributed by atoms with Gasteiger partial charge in [-0.1, -0.05) is 40.6 Å². The number of ether oxygens (including phenoxy) is 1. The van der Waals surface area contributed by atoms with Crippen molar-refractivity contribution in [2.45, 2.75) is 44.0 Å². The first-order valence-corrected chi connectivity index (χ1v) is 14.4. The number of carbonyl (C=O) groups excluding carboxylic acids is 1. The SMILES string of the molecule is N=C(/C(CO[C@@H]1C[C@@H]2C[C@H]1CN2c1nc2c(C(F)(F)F)cc(C=O)cc2s1)=C(\O)C1CC1)c1c(Cl)cccc1Cl. The van der Waals surface area contributed by atoms with Gasteiger partial charge < -0.3 is 14.7 Å². The summed E-state index contributed by atoms with van der Waals surface area (Å²) in [5.41, 5.74) is -0.328. The molecular formula is C28H24Cl2F3N3O3S. The first-order valence-electron chi connectivity index (χ1n) is 12.9. The molecule has 40 heavy (non-hydrogen) atoms. The van der Waals surface area contributed by atoms with Crippen molar-refractivity contribution in [3.8, 4) is 0 Å². The normalized spacial score (nSPS) is 23.1. The van der Waals surface area contributed by atoms with Crippen LogP contribution in [0.1, 0.15) is 47.2 Å². The summed E-state index contributed by atoms with van der Waals surface area (Å²) >= 11 is 13.8. The minimum absolute atomic E-state index is 0.00362. The number of benzene rings is 2. The number of alkyl halides is 3. The summed E-state index contributed by atoms with van der Waals surface area (Å²) in [6.07, 6.45) is -1.22. The van der Waals surface area contributed by atoms with Gasteiger partial charge in [0, 0.05) is 41.1 Å². The highest BCUT2D eigenvalue weighted by Gasteiger charge is 2.47. The molecule has 2 N–H and O–H groups in total. The summed E-state index contributed by atoms with van der Waals surface area (Å²) in [5, 5.41) is 20.8. The minimum Gasteiger partial charge on any atom is -0.512 e. The molecule has 2 aliphatic carbocycles. The molecule has 3 fully saturated rings. The fourth-order valence-corrected chi connectivity index (χ4v) is 7.45. The molecular weight excluding hydrogens is 586 g/mol. The van der Waals surface area contributed by atoms with E-state index >= 15 is 0 Å². The van der Waals surface area contributed by atoms with Gasteiger partial charge in [0.05, 0.1) is 44.2 Å². The zero-order valence-electron chi connectivity index (χ0n) is 21.0. The molecule has 2 saturated carbocycles. The molecule has 0 unspecified atom stereocenters. The van der Waals surface area contributed by atoms with Crippen molar-refractivity contribution in [2.75, 3.05) is 18.1 Å². The lowest BCUT2D eigenvalue weighted by Gasteiger charge is -2.31. The van der Waals surface area contributed by atoms with Gasteiger partial charge in [0.1, 0.15) is 12.0 Å². The number of aromatic nitrogens is 1. The Morgan fingerprint density at radius 3 is 2.55 bits per heavy atom. The standard InChI is InChI=1S/C28H24Cl2F3N3O3S/c29-19-2-1-3-20(30)23(19)24(34)17(26(38)14-4-5-14)12-39-21-9-16-8-15(21)10-36(16)27-35-25-18(28(31,32)33)6-13(11-37)7-22(25)40-27/h1-3,6-7,11,14-16,21,34,38H,4-5,8-10,12H2/b26-17-,34-24?/t15-,16-,21+/m0/s1. The predicted octanol–water partition coefficient (Wildman–Crippen LogP) is 7.71. The number of allylic oxidation sites excluding steroid dienone is 1. The zero-order chi connectivity index (χ0) is 28.3. The van der Waals surface area contributed by atoms with Crippen LogP contribution in [0, 0.1) is 17.2 Å². The van der Waals surface area contributed by atoms with E-state index in [-0.39, 0.29) is 53.1 Å². The molecule has 210 valence electrons. The number of rotatable bonds is 8. The topological polar surface area (TPSA) is 86.5 Å². The number of piperidine rings is 1. The molecule has 2 aromatic carbocycles. The number of thiazole rings is 1. The molecule has 0 spiro atoms. The highest BCUT2D eigenvalue weighted by atomic mass is 35.5. The number of aliphatic hydroxyl groups is 1. The van der Waals surface area contributed by atoms with Gasteiger partial charge in [-0.2, -0.15) is 13.2 Å². The number of hydrogen-bond donors (Lipinski definition) is 2. The number of nitrogens with zero attached hydrogens (tertiary/aromatic N) is 2. The van der Waals surface area contributed by atoms with Gasteiger partial charge >= 0.3 is 6.18 Å². The minimum atomic E-state index is -4.62. The molecule has 1 aromatic heterocycles. The number of anilines is 1. The van der Waals surface area contributed by atoms with Crippen molar-refractivity contribution in [1.29, 1.82) is 5.41 Å². The number of halogens is 5. The summed E-state index contributed by atoms with van der Waals surface area (Å²) in [5.74, 6) is 0.249. The first-order chi connectivity index (χ1) is 19.0. The molecule has 3 aliphatic rings. The van der Waals surface area contributed by atoms with Crippen LogP contribution in [0.15, 0.2) is 41.7 Å². The highest BCUT2D eigenvalue weighted by Crippen LogP contribution is 2.46. The molecule has 1 aliphatic heterocycles. The van der Waals surface area contributed by atoms with Crippen molar-refractivity contribution >= 4 is 61.9 Å². The number of hydrogen-bond acceptors (Lipinski definition) is 7. The van der Waals surface area contributed by atoms with Gasteiger partial charge in [0.2, 0.25) is 0 Å². The van der Waals surface area contributed by atoms with Crippen LogP contribution >= 0.6 is 34.5 Å². The van der Waals surface area contributed by atoms with Gasteiger partial charge in [-0.05, 0) is 49.9 Å². The number of fused-ring (bicyclic) bond motifs is 3. The molecule has 2 bridgehead atoms. The van der Waals surface area contributed by atoms with Crippen LogP contribution in [-0.4, -0.2) is 47.4 Å². The first kappa shape index (κ1) is 27.5. The van der Waals surface area contributed by atoms with E-state index in [1.165, 1.54) is 6.07 Å². The lowest BCUT2D eigenvalue weighted by Crippen LogP contribution is -2.39. The second kappa shape index (κ2) is 10.3. The molecule has 0 radical (unpaired) electrons. The molecule has 1 saturated heterocycles. The van der Waals surface area contributed by atoms with Crippen LogP contribution in [-0.2, 0) is 10.9 Å². The maximum atomic E-state index is 13.7. The van der Waals surface area contributed by atoms with Crippen LogP contribution in [0.2, 0.25) is 10.0 Å². The Morgan fingerprint density at radius 1 is 1.23 bits per heavy atom. The van der Waals surface area contributed by atoms with Gasteiger partial charge in [-0.15, -0.1) is 0 Å². The number of aliphatic hydroxyl groups excluding tert-OH is 1. The Balaban J connectivity index is 1.19. The number of aldehydes is 1. The molecule has 6 rings (SSSR count). The Hall–Kier alpha value is -2.66. The summed E-state index contributed by atoms with van der Waals surface area (Å²) in [6.45, 7) is 0.597. The van der Waals surface area contributed by atoms with Crippen LogP contribution in [0.4, 0.5) is 18.3 Å². The molecule has 0 amide bonds. The van der Waals surface area contributed by atoms with E-state index in [0.717, 1.165) is 36.7 Å². The second-order valence-electron chi connectivity index (χ2n) is 10.5. The molecule has 6 nitrogen and oxygen atoms in total. The highest BCUT2D eigenvalue weighted by molar-refractivity contribution is 7.22. The Bertz CT molecular complexity index is 1530. The number of carbonyl (C=O) groups is 1. The third-order valence-electron chi connectivity index (χ3n) is 7.90. The maximum Gasteiger partial charge on any atom is 0.418 e. The van der Waals surface area contributed by atoms with Crippen molar-refractivity contribution < 1.29 is 27.8 Å². The second-order valence-corrected chi connectivity index (χ2v) is 12.3. The van der Waals surface area contributed by atoms with E-state index in [4.69, 9.17) is 33.3 Å². The third kappa shape index (κ3) is 5.00. The van der Waals surface area contributed by atoms with Crippen LogP contribution in [0.3, 0.4) is 0 Å². The Kier molecular flexibility index (Phi) is 7.09. The van der Waals surface area contributed by atoms with Gasteiger partial charge in [-0.25, -0.2) is 4.98 Å². The summed E-state index contributed by atoms with van der Waals surface area (Å²) < 4.78 is 47.6. The summed E-state index contributed by atoms with van der Waals surface area (Å²) in [4.78, 5) is 17.6. The lowest BCUT2D eigenvalue weighted by molar-refractivity contribution is -0.136. The van der Waals surface area contributed by atoms with Crippen LogP contribution in [0.25, 0.3) is 10.2 Å². The van der Waals surface area contributed by atoms with Gasteiger partial charge in [0.15, 0.2) is 5.13 Å². The maximum absolute atomic E-state index is 13.7. The van der Waals surface area contributed by atoms with Crippen LogP contribution in [0.5, 0.6) is 0 Å². The summed E-state index contributed by atoms with van der Waals surface area (Å²) in [7, 11) is 0. The summed E-state index contributed by atoms with van der Waals surface area (Å²) in [6, 6.07) is 7.31. The molecule has 12 heteroatoms. The van der Waals surface area contributed by atoms with Gasteiger partial charge in [-0.3, -0.25) is 10.2 Å². The van der Waals surface area contributed by atoms with Crippen molar-refractivity contribution in [3.63, 3.8) is 0 Å². The fourth-order valence-electron chi connectivity index (χ4n) is 5.75. The monoisotopic (exact) mass is 609 g/mol. The lowest BCUT2D eigenvalue weighted by atomic mass is 9.99. The quantitative estimate of drug-likeness (QED) is 0.155. The van der Waals surface area contributed by atoms with Crippen molar-refractivity contribution in [1.82, 2.24) is 4.98 Å². The molecule has 3 atom stereocenters. The Labute approximate surface area is 241 Å². The smallest absolute Gasteiger partial charge is 0.418 e. The zero-order valence-corrected chi connectivity index (χ0v) is 23.3. The largest absolute Gasteiger partial charge is 0.512 e. The molecule has 2 heterocycles. The van der Waals surface area contributed by atoms with Gasteiger partial charge in [0.25, 0.3) is 0 Å².